The van der Waals surface area contributed by atoms with Crippen molar-refractivity contribution in [3.8, 4) is 0 Å². The van der Waals surface area contributed by atoms with Crippen molar-refractivity contribution in [3.05, 3.63) is 58.6 Å². The summed E-state index contributed by atoms with van der Waals surface area (Å²) in [6, 6.07) is 9.30. The zero-order valence-electron chi connectivity index (χ0n) is 14.8. The van der Waals surface area contributed by atoms with Crippen LogP contribution >= 0.6 is 15.9 Å². The standard InChI is InChI=1S/C20H25BrN4O/c21-17-5-3-16(4-6-17)20-18-12-24(11-15-9-22-14-23-10-15)7-1-2-8-25(18)19(20)13-26/h3-6,9-10,14,18-20,26H,1-2,7-8,11-13H2/t18-,19+,20-/m0/s1. The topological polar surface area (TPSA) is 52.5 Å². The van der Waals surface area contributed by atoms with Gasteiger partial charge in [0.2, 0.25) is 0 Å². The molecule has 0 bridgehead atoms. The number of benzene rings is 1. The number of aromatic nitrogens is 2. The minimum Gasteiger partial charge on any atom is -0.395 e. The van der Waals surface area contributed by atoms with E-state index in [2.05, 4.69) is 60.0 Å². The third-order valence-corrected chi connectivity index (χ3v) is 6.26. The van der Waals surface area contributed by atoms with Gasteiger partial charge in [-0.25, -0.2) is 9.97 Å². The summed E-state index contributed by atoms with van der Waals surface area (Å²) in [5, 5.41) is 9.99. The van der Waals surface area contributed by atoms with E-state index in [0.29, 0.717) is 12.0 Å². The summed E-state index contributed by atoms with van der Waals surface area (Å²) in [5.74, 6) is 0.390. The molecule has 2 aliphatic heterocycles. The summed E-state index contributed by atoms with van der Waals surface area (Å²) in [4.78, 5) is 13.3. The summed E-state index contributed by atoms with van der Waals surface area (Å²) < 4.78 is 1.10. The molecule has 1 N–H and O–H groups in total. The predicted molar refractivity (Wildman–Crippen MR) is 105 cm³/mol. The Morgan fingerprint density at radius 3 is 2.54 bits per heavy atom. The Kier molecular flexibility index (Phi) is 5.64. The third kappa shape index (κ3) is 3.69. The fourth-order valence-corrected chi connectivity index (χ4v) is 4.77. The molecule has 0 amide bonds. The highest BCUT2D eigenvalue weighted by molar-refractivity contribution is 9.10. The van der Waals surface area contributed by atoms with Crippen molar-refractivity contribution < 1.29 is 5.11 Å². The zero-order chi connectivity index (χ0) is 17.9. The van der Waals surface area contributed by atoms with Gasteiger partial charge in [0.1, 0.15) is 6.33 Å². The molecule has 3 heterocycles. The van der Waals surface area contributed by atoms with Crippen LogP contribution in [-0.2, 0) is 6.54 Å². The lowest BCUT2D eigenvalue weighted by Gasteiger charge is -2.57. The van der Waals surface area contributed by atoms with E-state index in [9.17, 15) is 5.11 Å². The number of nitrogens with zero attached hydrogens (tertiary/aromatic N) is 4. The van der Waals surface area contributed by atoms with Crippen molar-refractivity contribution in [2.45, 2.75) is 37.4 Å². The second kappa shape index (κ2) is 8.13. The monoisotopic (exact) mass is 416 g/mol. The Morgan fingerprint density at radius 1 is 1.08 bits per heavy atom. The molecule has 0 saturated carbocycles. The normalized spacial score (nSPS) is 27.2. The lowest BCUT2D eigenvalue weighted by atomic mass is 9.74. The Bertz CT molecular complexity index is 712. The predicted octanol–water partition coefficient (Wildman–Crippen LogP) is 2.66. The maximum Gasteiger partial charge on any atom is 0.115 e. The number of hydrogen-bond donors (Lipinski definition) is 1. The van der Waals surface area contributed by atoms with E-state index in [1.54, 1.807) is 6.33 Å². The van der Waals surface area contributed by atoms with Gasteiger partial charge in [-0.05, 0) is 43.6 Å². The molecule has 0 aliphatic carbocycles. The smallest absolute Gasteiger partial charge is 0.115 e. The van der Waals surface area contributed by atoms with Crippen LogP contribution < -0.4 is 0 Å². The quantitative estimate of drug-likeness (QED) is 0.829. The van der Waals surface area contributed by atoms with Gasteiger partial charge < -0.3 is 5.11 Å². The maximum atomic E-state index is 9.99. The van der Waals surface area contributed by atoms with Crippen LogP contribution in [0.3, 0.4) is 0 Å². The molecule has 2 aliphatic rings. The van der Waals surface area contributed by atoms with E-state index < -0.39 is 0 Å². The number of halogens is 1. The average molecular weight is 417 g/mol. The summed E-state index contributed by atoms with van der Waals surface area (Å²) >= 11 is 3.53. The second-order valence-corrected chi connectivity index (χ2v) is 8.24. The molecule has 1 aromatic carbocycles. The van der Waals surface area contributed by atoms with E-state index in [4.69, 9.17) is 0 Å². The van der Waals surface area contributed by atoms with Crippen LogP contribution in [0.5, 0.6) is 0 Å². The van der Waals surface area contributed by atoms with Gasteiger partial charge in [0.15, 0.2) is 0 Å². The van der Waals surface area contributed by atoms with Crippen molar-refractivity contribution in [2.75, 3.05) is 26.2 Å². The first-order valence-electron chi connectivity index (χ1n) is 9.34. The van der Waals surface area contributed by atoms with E-state index in [0.717, 1.165) is 36.2 Å². The molecule has 1 aromatic heterocycles. The molecule has 2 saturated heterocycles. The fourth-order valence-electron chi connectivity index (χ4n) is 4.51. The molecule has 0 spiro atoms. The van der Waals surface area contributed by atoms with Crippen LogP contribution in [0.25, 0.3) is 0 Å². The van der Waals surface area contributed by atoms with Crippen LogP contribution in [0, 0.1) is 0 Å². The third-order valence-electron chi connectivity index (χ3n) is 5.73. The van der Waals surface area contributed by atoms with Gasteiger partial charge in [-0.1, -0.05) is 28.1 Å². The highest BCUT2D eigenvalue weighted by Gasteiger charge is 2.48. The number of rotatable bonds is 4. The summed E-state index contributed by atoms with van der Waals surface area (Å²) in [7, 11) is 0. The fraction of sp³-hybridized carbons (Fsp3) is 0.500. The molecule has 2 aromatic rings. The van der Waals surface area contributed by atoms with Crippen molar-refractivity contribution in [3.63, 3.8) is 0 Å². The molecule has 4 rings (SSSR count). The molecule has 138 valence electrons. The van der Waals surface area contributed by atoms with E-state index >= 15 is 0 Å². The highest BCUT2D eigenvalue weighted by Crippen LogP contribution is 2.42. The first-order valence-corrected chi connectivity index (χ1v) is 10.1. The van der Waals surface area contributed by atoms with Crippen LogP contribution in [0.1, 0.15) is 29.9 Å². The maximum absolute atomic E-state index is 9.99. The van der Waals surface area contributed by atoms with Gasteiger partial charge >= 0.3 is 0 Å². The molecule has 3 atom stereocenters. The molecule has 2 fully saturated rings. The first kappa shape index (κ1) is 18.0. The van der Waals surface area contributed by atoms with E-state index in [-0.39, 0.29) is 12.6 Å². The van der Waals surface area contributed by atoms with Gasteiger partial charge in [0, 0.05) is 53.5 Å². The first-order chi connectivity index (χ1) is 12.8. The number of hydrogen-bond acceptors (Lipinski definition) is 5. The Labute approximate surface area is 163 Å². The second-order valence-electron chi connectivity index (χ2n) is 7.32. The minimum atomic E-state index is 0.226. The van der Waals surface area contributed by atoms with Gasteiger partial charge in [-0.2, -0.15) is 0 Å². The van der Waals surface area contributed by atoms with Crippen LogP contribution in [0.2, 0.25) is 0 Å². The van der Waals surface area contributed by atoms with Crippen molar-refractivity contribution in [1.29, 1.82) is 0 Å². The number of aliphatic hydroxyl groups excluding tert-OH is 1. The van der Waals surface area contributed by atoms with Crippen molar-refractivity contribution >= 4 is 15.9 Å². The molecule has 5 nitrogen and oxygen atoms in total. The van der Waals surface area contributed by atoms with Crippen LogP contribution in [-0.4, -0.2) is 63.2 Å². The lowest BCUT2D eigenvalue weighted by Crippen LogP contribution is -2.67. The SMILES string of the molecule is OC[C@@H]1[C@@H](c2ccc(Br)cc2)[C@@H]2CN(Cc3cncnc3)CCCCN12. The van der Waals surface area contributed by atoms with Gasteiger partial charge in [-0.15, -0.1) is 0 Å². The zero-order valence-corrected chi connectivity index (χ0v) is 16.4. The Morgan fingerprint density at radius 2 is 1.81 bits per heavy atom. The molecule has 0 unspecified atom stereocenters. The summed E-state index contributed by atoms with van der Waals surface area (Å²) in [6.07, 6.45) is 7.78. The number of fused-ring (bicyclic) bond motifs is 1. The average Bonchev–Trinajstić information content (AvgIpc) is 2.65. The lowest BCUT2D eigenvalue weighted by molar-refractivity contribution is -0.0655. The molecular weight excluding hydrogens is 392 g/mol. The summed E-state index contributed by atoms with van der Waals surface area (Å²) in [5.41, 5.74) is 2.50. The molecule has 0 radical (unpaired) electrons. The highest BCUT2D eigenvalue weighted by atomic mass is 79.9. The van der Waals surface area contributed by atoms with Crippen LogP contribution in [0.15, 0.2) is 47.5 Å². The van der Waals surface area contributed by atoms with Gasteiger partial charge in [0.25, 0.3) is 0 Å². The van der Waals surface area contributed by atoms with E-state index in [1.165, 1.54) is 18.4 Å². The Balaban J connectivity index is 1.54. The molecule has 6 heteroatoms. The molecule has 26 heavy (non-hydrogen) atoms. The van der Waals surface area contributed by atoms with Gasteiger partial charge in [-0.3, -0.25) is 9.80 Å². The minimum absolute atomic E-state index is 0.226. The van der Waals surface area contributed by atoms with Crippen molar-refractivity contribution in [1.82, 2.24) is 19.8 Å². The largest absolute Gasteiger partial charge is 0.395 e. The molecular formula is C20H25BrN4O. The number of aliphatic hydroxyl groups is 1. The Hall–Kier alpha value is -1.34. The summed E-state index contributed by atoms with van der Waals surface area (Å²) in [6.45, 7) is 4.33. The van der Waals surface area contributed by atoms with E-state index in [1.807, 2.05) is 12.4 Å². The van der Waals surface area contributed by atoms with Crippen molar-refractivity contribution in [2.24, 2.45) is 0 Å². The van der Waals surface area contributed by atoms with Gasteiger partial charge in [0.05, 0.1) is 6.61 Å². The van der Waals surface area contributed by atoms with Crippen LogP contribution in [0.4, 0.5) is 0 Å².